The molecule has 2 fully saturated rings. The molecule has 5 heteroatoms. The standard InChI is InChI=1S/C13H14O5/c1-7-5-11(18-12(7)14)16-6-9-8-3-2-4-10(8)17-13(9)15/h2,4,6-8,10-11H,3,5H2,1H3/b9-6+. The van der Waals surface area contributed by atoms with Crippen LogP contribution in [0.2, 0.25) is 0 Å². The van der Waals surface area contributed by atoms with Gasteiger partial charge in [0.15, 0.2) is 0 Å². The van der Waals surface area contributed by atoms with Crippen LogP contribution in [0.5, 0.6) is 0 Å². The number of cyclic esters (lactones) is 1. The van der Waals surface area contributed by atoms with Gasteiger partial charge in [0.1, 0.15) is 6.10 Å². The smallest absolute Gasteiger partial charge is 0.338 e. The van der Waals surface area contributed by atoms with Crippen LogP contribution in [0, 0.1) is 11.8 Å². The average Bonchev–Trinajstić information content (AvgIpc) is 2.94. The molecule has 0 aromatic rings. The highest BCUT2D eigenvalue weighted by Crippen LogP contribution is 2.36. The molecule has 2 heterocycles. The number of allylic oxidation sites excluding steroid dienone is 1. The monoisotopic (exact) mass is 250 g/mol. The molecule has 0 bridgehead atoms. The van der Waals surface area contributed by atoms with Crippen LogP contribution in [0.3, 0.4) is 0 Å². The zero-order valence-electron chi connectivity index (χ0n) is 10.00. The number of rotatable bonds is 2. The SMILES string of the molecule is CC1CC(O/C=C2/C(=O)OC3C=CCC23)OC1=O. The van der Waals surface area contributed by atoms with E-state index in [9.17, 15) is 9.59 Å². The maximum absolute atomic E-state index is 11.6. The number of carbonyl (C=O) groups excluding carboxylic acids is 2. The third kappa shape index (κ3) is 1.79. The molecule has 4 atom stereocenters. The van der Waals surface area contributed by atoms with E-state index in [2.05, 4.69) is 0 Å². The predicted octanol–water partition coefficient (Wildman–Crippen LogP) is 1.30. The number of fused-ring (bicyclic) bond motifs is 1. The Bertz CT molecular complexity index is 450. The van der Waals surface area contributed by atoms with Gasteiger partial charge in [-0.2, -0.15) is 0 Å². The van der Waals surface area contributed by atoms with Crippen LogP contribution in [0.15, 0.2) is 24.0 Å². The summed E-state index contributed by atoms with van der Waals surface area (Å²) in [5, 5.41) is 0. The Labute approximate surface area is 104 Å². The van der Waals surface area contributed by atoms with Gasteiger partial charge in [-0.15, -0.1) is 0 Å². The van der Waals surface area contributed by atoms with E-state index in [0.717, 1.165) is 6.42 Å². The van der Waals surface area contributed by atoms with E-state index >= 15 is 0 Å². The second-order valence-electron chi connectivity index (χ2n) is 4.85. The summed E-state index contributed by atoms with van der Waals surface area (Å²) in [7, 11) is 0. The van der Waals surface area contributed by atoms with E-state index in [1.165, 1.54) is 6.26 Å². The van der Waals surface area contributed by atoms with Crippen molar-refractivity contribution in [3.05, 3.63) is 24.0 Å². The second-order valence-corrected chi connectivity index (χ2v) is 4.85. The Morgan fingerprint density at radius 2 is 2.22 bits per heavy atom. The first kappa shape index (κ1) is 11.3. The third-order valence-corrected chi connectivity index (χ3v) is 3.53. The van der Waals surface area contributed by atoms with Crippen molar-refractivity contribution in [3.8, 4) is 0 Å². The van der Waals surface area contributed by atoms with Gasteiger partial charge in [0.2, 0.25) is 6.29 Å². The van der Waals surface area contributed by atoms with Crippen LogP contribution in [0.1, 0.15) is 19.8 Å². The molecule has 1 aliphatic carbocycles. The molecule has 4 unspecified atom stereocenters. The van der Waals surface area contributed by atoms with Crippen molar-refractivity contribution in [2.24, 2.45) is 11.8 Å². The highest BCUT2D eigenvalue weighted by molar-refractivity contribution is 5.91. The molecule has 0 spiro atoms. The number of esters is 2. The normalized spacial score (nSPS) is 39.9. The molecule has 2 aliphatic heterocycles. The summed E-state index contributed by atoms with van der Waals surface area (Å²) in [6.07, 6.45) is 5.85. The summed E-state index contributed by atoms with van der Waals surface area (Å²) >= 11 is 0. The van der Waals surface area contributed by atoms with Gasteiger partial charge in [-0.1, -0.05) is 13.0 Å². The maximum Gasteiger partial charge on any atom is 0.338 e. The zero-order chi connectivity index (χ0) is 12.7. The molecule has 0 aromatic heterocycles. The lowest BCUT2D eigenvalue weighted by Crippen LogP contribution is -2.11. The van der Waals surface area contributed by atoms with Gasteiger partial charge >= 0.3 is 11.9 Å². The predicted molar refractivity (Wildman–Crippen MR) is 60.0 cm³/mol. The number of carbonyl (C=O) groups is 2. The van der Waals surface area contributed by atoms with Gasteiger partial charge in [-0.05, 0) is 12.5 Å². The van der Waals surface area contributed by atoms with E-state index in [-0.39, 0.29) is 29.9 Å². The highest BCUT2D eigenvalue weighted by Gasteiger charge is 2.41. The number of hydrogen-bond donors (Lipinski definition) is 0. The van der Waals surface area contributed by atoms with E-state index in [1.807, 2.05) is 12.2 Å². The number of hydrogen-bond acceptors (Lipinski definition) is 5. The Hall–Kier alpha value is -1.78. The molecule has 3 rings (SSSR count). The first-order chi connectivity index (χ1) is 8.65. The Morgan fingerprint density at radius 3 is 2.94 bits per heavy atom. The first-order valence-corrected chi connectivity index (χ1v) is 6.09. The summed E-state index contributed by atoms with van der Waals surface area (Å²) in [6, 6.07) is 0. The van der Waals surface area contributed by atoms with Gasteiger partial charge in [-0.3, -0.25) is 4.79 Å². The molecular weight excluding hydrogens is 236 g/mol. The van der Waals surface area contributed by atoms with Crippen LogP contribution < -0.4 is 0 Å². The first-order valence-electron chi connectivity index (χ1n) is 6.09. The van der Waals surface area contributed by atoms with Gasteiger partial charge in [0.05, 0.1) is 17.8 Å². The lowest BCUT2D eigenvalue weighted by atomic mass is 9.99. The minimum Gasteiger partial charge on any atom is -0.462 e. The van der Waals surface area contributed by atoms with Gasteiger partial charge in [-0.25, -0.2) is 4.79 Å². The van der Waals surface area contributed by atoms with Crippen molar-refractivity contribution in [1.82, 2.24) is 0 Å². The summed E-state index contributed by atoms with van der Waals surface area (Å²) in [5.74, 6) is -0.698. The van der Waals surface area contributed by atoms with Crippen molar-refractivity contribution in [1.29, 1.82) is 0 Å². The van der Waals surface area contributed by atoms with E-state index < -0.39 is 6.29 Å². The lowest BCUT2D eigenvalue weighted by Gasteiger charge is -2.10. The van der Waals surface area contributed by atoms with Crippen LogP contribution >= 0.6 is 0 Å². The topological polar surface area (TPSA) is 61.8 Å². The van der Waals surface area contributed by atoms with Crippen molar-refractivity contribution < 1.29 is 23.8 Å². The van der Waals surface area contributed by atoms with Crippen molar-refractivity contribution in [3.63, 3.8) is 0 Å². The van der Waals surface area contributed by atoms with Crippen LogP contribution in [-0.4, -0.2) is 24.3 Å². The highest BCUT2D eigenvalue weighted by atomic mass is 16.7. The largest absolute Gasteiger partial charge is 0.462 e. The second kappa shape index (κ2) is 4.15. The molecule has 0 saturated carbocycles. The molecule has 0 N–H and O–H groups in total. The molecule has 2 saturated heterocycles. The van der Waals surface area contributed by atoms with Crippen LogP contribution in [-0.2, 0) is 23.8 Å². The Morgan fingerprint density at radius 1 is 1.39 bits per heavy atom. The molecular formula is C13H14O5. The maximum atomic E-state index is 11.6. The fraction of sp³-hybridized carbons (Fsp3) is 0.538. The summed E-state index contributed by atoms with van der Waals surface area (Å²) < 4.78 is 15.6. The van der Waals surface area contributed by atoms with E-state index in [4.69, 9.17) is 14.2 Å². The number of ether oxygens (including phenoxy) is 3. The summed E-state index contributed by atoms with van der Waals surface area (Å²) in [4.78, 5) is 22.8. The van der Waals surface area contributed by atoms with Crippen molar-refractivity contribution in [2.75, 3.05) is 0 Å². The molecule has 96 valence electrons. The van der Waals surface area contributed by atoms with Gasteiger partial charge < -0.3 is 14.2 Å². The Balaban J connectivity index is 1.66. The third-order valence-electron chi connectivity index (χ3n) is 3.53. The minimum atomic E-state index is -0.582. The summed E-state index contributed by atoms with van der Waals surface area (Å²) in [5.41, 5.74) is 0.528. The van der Waals surface area contributed by atoms with Crippen LogP contribution in [0.25, 0.3) is 0 Å². The van der Waals surface area contributed by atoms with Crippen molar-refractivity contribution >= 4 is 11.9 Å². The molecule has 3 aliphatic rings. The molecule has 0 amide bonds. The molecule has 0 radical (unpaired) electrons. The van der Waals surface area contributed by atoms with Gasteiger partial charge in [0.25, 0.3) is 0 Å². The van der Waals surface area contributed by atoms with Crippen LogP contribution in [0.4, 0.5) is 0 Å². The Kier molecular flexibility index (Phi) is 2.61. The lowest BCUT2D eigenvalue weighted by molar-refractivity contribution is -0.156. The van der Waals surface area contributed by atoms with Gasteiger partial charge in [0, 0.05) is 12.3 Å². The zero-order valence-corrected chi connectivity index (χ0v) is 10.00. The summed E-state index contributed by atoms with van der Waals surface area (Å²) in [6.45, 7) is 1.79. The van der Waals surface area contributed by atoms with Crippen molar-refractivity contribution in [2.45, 2.75) is 32.2 Å². The molecule has 5 nitrogen and oxygen atoms in total. The fourth-order valence-corrected chi connectivity index (χ4v) is 2.44. The average molecular weight is 250 g/mol. The minimum absolute atomic E-state index is 0.0482. The molecule has 18 heavy (non-hydrogen) atoms. The van der Waals surface area contributed by atoms with E-state index in [0.29, 0.717) is 12.0 Å². The molecule has 0 aromatic carbocycles. The van der Waals surface area contributed by atoms with E-state index in [1.54, 1.807) is 6.92 Å². The quantitative estimate of drug-likeness (QED) is 0.320. The fourth-order valence-electron chi connectivity index (χ4n) is 2.44.